The van der Waals surface area contributed by atoms with Crippen LogP contribution in [0, 0.1) is 13.8 Å². The SMILES string of the molecule is Cc1ccc(-n2nc(C)cc2NC(=O)CSc2nnc(-c3ccc(Cl)cc3)n2C)cc1. The highest BCUT2D eigenvalue weighted by Gasteiger charge is 2.15. The number of hydrogen-bond donors (Lipinski definition) is 1. The second-order valence-corrected chi connectivity index (χ2v) is 8.51. The summed E-state index contributed by atoms with van der Waals surface area (Å²) in [6.07, 6.45) is 0. The minimum Gasteiger partial charge on any atom is -0.310 e. The number of aromatic nitrogens is 5. The first-order chi connectivity index (χ1) is 14.9. The number of hydrogen-bond acceptors (Lipinski definition) is 5. The van der Waals surface area contributed by atoms with Crippen LogP contribution in [-0.2, 0) is 11.8 Å². The van der Waals surface area contributed by atoms with Crippen LogP contribution in [-0.4, -0.2) is 36.2 Å². The molecule has 0 atom stereocenters. The van der Waals surface area contributed by atoms with Crippen LogP contribution in [0.3, 0.4) is 0 Å². The number of anilines is 1. The highest BCUT2D eigenvalue weighted by atomic mass is 35.5. The molecule has 0 unspecified atom stereocenters. The van der Waals surface area contributed by atoms with E-state index in [0.29, 0.717) is 21.8 Å². The molecule has 1 amide bonds. The second kappa shape index (κ2) is 8.95. The van der Waals surface area contributed by atoms with Crippen molar-refractivity contribution >= 4 is 35.1 Å². The van der Waals surface area contributed by atoms with E-state index in [1.54, 1.807) is 4.68 Å². The Hall–Kier alpha value is -3.10. The van der Waals surface area contributed by atoms with E-state index in [-0.39, 0.29) is 11.7 Å². The molecule has 2 aromatic carbocycles. The largest absolute Gasteiger partial charge is 0.310 e. The van der Waals surface area contributed by atoms with Crippen LogP contribution >= 0.6 is 23.4 Å². The lowest BCUT2D eigenvalue weighted by atomic mass is 10.2. The predicted octanol–water partition coefficient (Wildman–Crippen LogP) is 4.67. The molecule has 4 aromatic rings. The van der Waals surface area contributed by atoms with E-state index < -0.39 is 0 Å². The number of carbonyl (C=O) groups is 1. The zero-order chi connectivity index (χ0) is 22.0. The molecule has 9 heteroatoms. The first-order valence-electron chi connectivity index (χ1n) is 9.62. The van der Waals surface area contributed by atoms with E-state index >= 15 is 0 Å². The molecule has 0 bridgehead atoms. The van der Waals surface area contributed by atoms with Gasteiger partial charge in [0.15, 0.2) is 11.0 Å². The van der Waals surface area contributed by atoms with E-state index in [1.165, 1.54) is 11.8 Å². The predicted molar refractivity (Wildman–Crippen MR) is 124 cm³/mol. The minimum absolute atomic E-state index is 0.144. The maximum absolute atomic E-state index is 12.6. The van der Waals surface area contributed by atoms with Gasteiger partial charge in [0.05, 0.1) is 17.1 Å². The molecule has 0 saturated heterocycles. The maximum atomic E-state index is 12.6. The molecule has 4 rings (SSSR count). The smallest absolute Gasteiger partial charge is 0.236 e. The molecule has 0 spiro atoms. The van der Waals surface area contributed by atoms with E-state index in [2.05, 4.69) is 20.6 Å². The molecule has 0 aliphatic rings. The average Bonchev–Trinajstić information content (AvgIpc) is 3.30. The molecule has 1 N–H and O–H groups in total. The minimum atomic E-state index is -0.144. The van der Waals surface area contributed by atoms with Crippen molar-refractivity contribution in [1.29, 1.82) is 0 Å². The number of carbonyl (C=O) groups excluding carboxylic acids is 1. The van der Waals surface area contributed by atoms with Crippen molar-refractivity contribution in [2.45, 2.75) is 19.0 Å². The van der Waals surface area contributed by atoms with Crippen molar-refractivity contribution in [2.24, 2.45) is 7.05 Å². The Kier molecular flexibility index (Phi) is 6.11. The van der Waals surface area contributed by atoms with Gasteiger partial charge in [-0.1, -0.05) is 41.1 Å². The van der Waals surface area contributed by atoms with Gasteiger partial charge in [0.1, 0.15) is 5.82 Å². The highest BCUT2D eigenvalue weighted by Crippen LogP contribution is 2.24. The summed E-state index contributed by atoms with van der Waals surface area (Å²) < 4.78 is 3.60. The number of benzene rings is 2. The molecule has 0 saturated carbocycles. The van der Waals surface area contributed by atoms with Gasteiger partial charge in [-0.2, -0.15) is 5.10 Å². The first-order valence-corrected chi connectivity index (χ1v) is 11.0. The first kappa shape index (κ1) is 21.1. The summed E-state index contributed by atoms with van der Waals surface area (Å²) in [7, 11) is 1.88. The summed E-state index contributed by atoms with van der Waals surface area (Å²) >= 11 is 7.28. The normalized spacial score (nSPS) is 11.0. The molecule has 2 aromatic heterocycles. The Balaban J connectivity index is 1.44. The highest BCUT2D eigenvalue weighted by molar-refractivity contribution is 7.99. The number of rotatable bonds is 6. The quantitative estimate of drug-likeness (QED) is 0.430. The Morgan fingerprint density at radius 3 is 2.48 bits per heavy atom. The van der Waals surface area contributed by atoms with Crippen molar-refractivity contribution in [2.75, 3.05) is 11.1 Å². The van der Waals surface area contributed by atoms with E-state index in [4.69, 9.17) is 11.6 Å². The summed E-state index contributed by atoms with van der Waals surface area (Å²) in [5.74, 6) is 1.40. The summed E-state index contributed by atoms with van der Waals surface area (Å²) in [6.45, 7) is 3.93. The third-order valence-electron chi connectivity index (χ3n) is 4.65. The number of aryl methyl sites for hydroxylation is 2. The lowest BCUT2D eigenvalue weighted by Crippen LogP contribution is -2.17. The molecular formula is C22H21ClN6OS. The van der Waals surface area contributed by atoms with E-state index in [1.807, 2.05) is 80.1 Å². The summed E-state index contributed by atoms with van der Waals surface area (Å²) in [5, 5.41) is 17.2. The molecule has 2 heterocycles. The molecular weight excluding hydrogens is 432 g/mol. The van der Waals surface area contributed by atoms with Gasteiger partial charge >= 0.3 is 0 Å². The average molecular weight is 453 g/mol. The Labute approximate surface area is 189 Å². The van der Waals surface area contributed by atoms with Crippen LogP contribution in [0.5, 0.6) is 0 Å². The number of thioether (sulfide) groups is 1. The number of nitrogens with zero attached hydrogens (tertiary/aromatic N) is 5. The van der Waals surface area contributed by atoms with Crippen LogP contribution in [0.25, 0.3) is 17.1 Å². The standard InChI is InChI=1S/C22H21ClN6OS/c1-14-4-10-18(11-5-14)29-19(12-15(2)27-29)24-20(30)13-31-22-26-25-21(28(22)3)16-6-8-17(23)9-7-16/h4-12H,13H2,1-3H3,(H,24,30). The Morgan fingerprint density at radius 2 is 1.77 bits per heavy atom. The van der Waals surface area contributed by atoms with Crippen LogP contribution in [0.1, 0.15) is 11.3 Å². The van der Waals surface area contributed by atoms with Crippen LogP contribution in [0.4, 0.5) is 5.82 Å². The van der Waals surface area contributed by atoms with Gasteiger partial charge in [0.2, 0.25) is 5.91 Å². The molecule has 0 fully saturated rings. The van der Waals surface area contributed by atoms with Crippen molar-refractivity contribution in [3.05, 3.63) is 70.9 Å². The van der Waals surface area contributed by atoms with Gasteiger partial charge in [0.25, 0.3) is 0 Å². The van der Waals surface area contributed by atoms with Crippen LogP contribution < -0.4 is 5.32 Å². The van der Waals surface area contributed by atoms with Crippen LogP contribution in [0.15, 0.2) is 59.8 Å². The van der Waals surface area contributed by atoms with Crippen molar-refractivity contribution < 1.29 is 4.79 Å². The molecule has 0 aliphatic carbocycles. The number of halogens is 1. The molecule has 0 radical (unpaired) electrons. The van der Waals surface area contributed by atoms with Gasteiger partial charge < -0.3 is 9.88 Å². The zero-order valence-electron chi connectivity index (χ0n) is 17.3. The fourth-order valence-corrected chi connectivity index (χ4v) is 3.91. The monoisotopic (exact) mass is 452 g/mol. The van der Waals surface area contributed by atoms with E-state index in [0.717, 1.165) is 22.5 Å². The molecule has 0 aliphatic heterocycles. The van der Waals surface area contributed by atoms with Crippen LogP contribution in [0.2, 0.25) is 5.02 Å². The third kappa shape index (κ3) is 4.81. The topological polar surface area (TPSA) is 77.6 Å². The molecule has 158 valence electrons. The summed E-state index contributed by atoms with van der Waals surface area (Å²) in [5.41, 5.74) is 3.79. The summed E-state index contributed by atoms with van der Waals surface area (Å²) in [6, 6.07) is 17.2. The second-order valence-electron chi connectivity index (χ2n) is 7.13. The van der Waals surface area contributed by atoms with Crippen molar-refractivity contribution in [3.63, 3.8) is 0 Å². The number of amides is 1. The maximum Gasteiger partial charge on any atom is 0.236 e. The fourth-order valence-electron chi connectivity index (χ4n) is 3.07. The Morgan fingerprint density at radius 1 is 1.06 bits per heavy atom. The van der Waals surface area contributed by atoms with Gasteiger partial charge in [-0.15, -0.1) is 10.2 Å². The zero-order valence-corrected chi connectivity index (χ0v) is 18.9. The van der Waals surface area contributed by atoms with Gasteiger partial charge in [-0.25, -0.2) is 4.68 Å². The van der Waals surface area contributed by atoms with Crippen molar-refractivity contribution in [1.82, 2.24) is 24.5 Å². The Bertz CT molecular complexity index is 1210. The lowest BCUT2D eigenvalue weighted by molar-refractivity contribution is -0.113. The molecule has 7 nitrogen and oxygen atoms in total. The number of nitrogens with one attached hydrogen (secondary N) is 1. The van der Waals surface area contributed by atoms with Gasteiger partial charge in [-0.3, -0.25) is 4.79 Å². The summed E-state index contributed by atoms with van der Waals surface area (Å²) in [4.78, 5) is 12.6. The molecule has 31 heavy (non-hydrogen) atoms. The fraction of sp³-hybridized carbons (Fsp3) is 0.182. The van der Waals surface area contributed by atoms with Crippen molar-refractivity contribution in [3.8, 4) is 17.1 Å². The van der Waals surface area contributed by atoms with E-state index in [9.17, 15) is 4.79 Å². The van der Waals surface area contributed by atoms with Gasteiger partial charge in [0, 0.05) is 23.7 Å². The third-order valence-corrected chi connectivity index (χ3v) is 5.92. The van der Waals surface area contributed by atoms with Gasteiger partial charge in [-0.05, 0) is 50.2 Å². The lowest BCUT2D eigenvalue weighted by Gasteiger charge is -2.09.